The van der Waals surface area contributed by atoms with E-state index in [1.165, 1.54) is 12.8 Å². The molecule has 1 aliphatic rings. The zero-order valence-corrected chi connectivity index (χ0v) is 11.7. The van der Waals surface area contributed by atoms with Gasteiger partial charge in [0.2, 0.25) is 5.89 Å². The Morgan fingerprint density at radius 1 is 1.33 bits per heavy atom. The van der Waals surface area contributed by atoms with E-state index in [9.17, 15) is 4.79 Å². The van der Waals surface area contributed by atoms with Crippen LogP contribution in [0.5, 0.6) is 0 Å². The van der Waals surface area contributed by atoms with Gasteiger partial charge in [-0.1, -0.05) is 30.3 Å². The molecule has 1 N–H and O–H groups in total. The average molecular weight is 286 g/mol. The second-order valence-electron chi connectivity index (χ2n) is 5.49. The van der Waals surface area contributed by atoms with Crippen molar-refractivity contribution in [3.63, 3.8) is 0 Å². The van der Waals surface area contributed by atoms with Gasteiger partial charge in [-0.2, -0.15) is 0 Å². The molecule has 1 heterocycles. The van der Waals surface area contributed by atoms with Crippen molar-refractivity contribution in [2.45, 2.75) is 19.4 Å². The third-order valence-corrected chi connectivity index (χ3v) is 3.54. The average Bonchev–Trinajstić information content (AvgIpc) is 3.15. The maximum Gasteiger partial charge on any atom is 0.317 e. The predicted molar refractivity (Wildman–Crippen MR) is 77.6 cm³/mol. The van der Waals surface area contributed by atoms with Crippen molar-refractivity contribution in [3.05, 3.63) is 42.4 Å². The molecule has 1 saturated carbocycles. The number of benzene rings is 1. The molecule has 1 aromatic carbocycles. The molecule has 0 unspecified atom stereocenters. The van der Waals surface area contributed by atoms with Crippen molar-refractivity contribution in [1.29, 1.82) is 0 Å². The van der Waals surface area contributed by atoms with Crippen LogP contribution in [-0.2, 0) is 11.3 Å². The van der Waals surface area contributed by atoms with E-state index in [1.54, 1.807) is 6.20 Å². The summed E-state index contributed by atoms with van der Waals surface area (Å²) in [4.78, 5) is 17.1. The van der Waals surface area contributed by atoms with E-state index >= 15 is 0 Å². The molecule has 5 nitrogen and oxygen atoms in total. The van der Waals surface area contributed by atoms with Crippen molar-refractivity contribution >= 4 is 5.97 Å². The van der Waals surface area contributed by atoms with Crippen molar-refractivity contribution in [3.8, 4) is 11.3 Å². The highest BCUT2D eigenvalue weighted by atomic mass is 16.4. The minimum absolute atomic E-state index is 0.0273. The van der Waals surface area contributed by atoms with Gasteiger partial charge in [0.1, 0.15) is 0 Å². The predicted octanol–water partition coefficient (Wildman–Crippen LogP) is 2.64. The molecule has 0 saturated heterocycles. The van der Waals surface area contributed by atoms with E-state index in [0.29, 0.717) is 24.1 Å². The molecule has 21 heavy (non-hydrogen) atoms. The number of hydrogen-bond acceptors (Lipinski definition) is 4. The molecule has 0 atom stereocenters. The van der Waals surface area contributed by atoms with Crippen LogP contribution in [0.1, 0.15) is 18.7 Å². The quantitative estimate of drug-likeness (QED) is 0.847. The number of carbonyl (C=O) groups is 1. The number of carboxylic acids is 1. The highest BCUT2D eigenvalue weighted by molar-refractivity contribution is 5.69. The number of oxazole rings is 1. The van der Waals surface area contributed by atoms with E-state index in [4.69, 9.17) is 9.52 Å². The van der Waals surface area contributed by atoms with Crippen LogP contribution < -0.4 is 0 Å². The van der Waals surface area contributed by atoms with Gasteiger partial charge in [-0.3, -0.25) is 9.69 Å². The Bertz CT molecular complexity index is 605. The summed E-state index contributed by atoms with van der Waals surface area (Å²) in [5.74, 6) is 1.10. The van der Waals surface area contributed by atoms with Crippen LogP contribution in [0.4, 0.5) is 0 Å². The highest BCUT2D eigenvalue weighted by Gasteiger charge is 2.26. The Morgan fingerprint density at radius 3 is 2.76 bits per heavy atom. The molecule has 3 rings (SSSR count). The first-order valence-electron chi connectivity index (χ1n) is 7.15. The molecule has 0 aliphatic heterocycles. The van der Waals surface area contributed by atoms with Crippen LogP contribution in [0.15, 0.2) is 40.9 Å². The van der Waals surface area contributed by atoms with E-state index in [1.807, 2.05) is 35.2 Å². The minimum Gasteiger partial charge on any atom is -0.480 e. The number of aliphatic carboxylic acids is 1. The molecular formula is C16H18N2O3. The molecule has 2 aromatic rings. The van der Waals surface area contributed by atoms with E-state index in [2.05, 4.69) is 4.98 Å². The summed E-state index contributed by atoms with van der Waals surface area (Å²) < 4.78 is 5.74. The van der Waals surface area contributed by atoms with Crippen LogP contribution in [0.3, 0.4) is 0 Å². The Balaban J connectivity index is 1.68. The smallest absolute Gasteiger partial charge is 0.317 e. The first-order valence-corrected chi connectivity index (χ1v) is 7.15. The van der Waals surface area contributed by atoms with Crippen molar-refractivity contribution < 1.29 is 14.3 Å². The van der Waals surface area contributed by atoms with Crippen LogP contribution in [0.25, 0.3) is 11.3 Å². The fourth-order valence-corrected chi connectivity index (χ4v) is 2.35. The number of rotatable bonds is 7. The summed E-state index contributed by atoms with van der Waals surface area (Å²) in [6, 6.07) is 9.76. The fraction of sp³-hybridized carbons (Fsp3) is 0.375. The van der Waals surface area contributed by atoms with Gasteiger partial charge in [0.25, 0.3) is 0 Å². The van der Waals surface area contributed by atoms with E-state index in [0.717, 1.165) is 12.1 Å². The SMILES string of the molecule is O=C(O)CN(Cc1ncc(-c2ccccc2)o1)CC1CC1. The van der Waals surface area contributed by atoms with Crippen LogP contribution in [0.2, 0.25) is 0 Å². The van der Waals surface area contributed by atoms with Gasteiger partial charge in [0, 0.05) is 12.1 Å². The summed E-state index contributed by atoms with van der Waals surface area (Å²) in [6.07, 6.45) is 4.08. The Kier molecular flexibility index (Phi) is 4.01. The highest BCUT2D eigenvalue weighted by Crippen LogP contribution is 2.30. The monoisotopic (exact) mass is 286 g/mol. The van der Waals surface area contributed by atoms with Crippen LogP contribution >= 0.6 is 0 Å². The van der Waals surface area contributed by atoms with E-state index < -0.39 is 5.97 Å². The van der Waals surface area contributed by atoms with Crippen molar-refractivity contribution in [1.82, 2.24) is 9.88 Å². The lowest BCUT2D eigenvalue weighted by Crippen LogP contribution is -2.31. The van der Waals surface area contributed by atoms with E-state index in [-0.39, 0.29) is 6.54 Å². The van der Waals surface area contributed by atoms with Gasteiger partial charge >= 0.3 is 5.97 Å². The Hall–Kier alpha value is -2.14. The molecule has 0 spiro atoms. The number of aromatic nitrogens is 1. The minimum atomic E-state index is -0.814. The Labute approximate surface area is 123 Å². The van der Waals surface area contributed by atoms with Gasteiger partial charge in [0.15, 0.2) is 5.76 Å². The van der Waals surface area contributed by atoms with Crippen molar-refractivity contribution in [2.24, 2.45) is 5.92 Å². The summed E-state index contributed by atoms with van der Waals surface area (Å²) >= 11 is 0. The third kappa shape index (κ3) is 3.92. The zero-order valence-electron chi connectivity index (χ0n) is 11.7. The van der Waals surface area contributed by atoms with Crippen molar-refractivity contribution in [2.75, 3.05) is 13.1 Å². The maximum atomic E-state index is 10.9. The van der Waals surface area contributed by atoms with Gasteiger partial charge in [-0.15, -0.1) is 0 Å². The van der Waals surface area contributed by atoms with Gasteiger partial charge < -0.3 is 9.52 Å². The second kappa shape index (κ2) is 6.10. The maximum absolute atomic E-state index is 10.9. The molecule has 0 radical (unpaired) electrons. The molecule has 5 heteroatoms. The fourth-order valence-electron chi connectivity index (χ4n) is 2.35. The normalized spacial score (nSPS) is 14.5. The molecule has 1 aliphatic carbocycles. The number of nitrogens with zero attached hydrogens (tertiary/aromatic N) is 2. The summed E-state index contributed by atoms with van der Waals surface area (Å²) in [6.45, 7) is 1.27. The Morgan fingerprint density at radius 2 is 2.10 bits per heavy atom. The second-order valence-corrected chi connectivity index (χ2v) is 5.49. The molecule has 1 aromatic heterocycles. The summed E-state index contributed by atoms with van der Waals surface area (Å²) in [5, 5.41) is 8.99. The largest absolute Gasteiger partial charge is 0.480 e. The molecular weight excluding hydrogens is 268 g/mol. The molecule has 110 valence electrons. The third-order valence-electron chi connectivity index (χ3n) is 3.54. The molecule has 0 amide bonds. The number of carboxylic acid groups (broad SMARTS) is 1. The molecule has 1 fully saturated rings. The summed E-state index contributed by atoms with van der Waals surface area (Å²) in [7, 11) is 0. The lowest BCUT2D eigenvalue weighted by Gasteiger charge is -2.17. The summed E-state index contributed by atoms with van der Waals surface area (Å²) in [5.41, 5.74) is 0.975. The standard InChI is InChI=1S/C16H18N2O3/c19-16(20)11-18(9-12-6-7-12)10-15-17-8-14(21-15)13-4-2-1-3-5-13/h1-5,8,12H,6-7,9-11H2,(H,19,20). The first kappa shape index (κ1) is 13.8. The van der Waals surface area contributed by atoms with Crippen LogP contribution in [-0.4, -0.2) is 34.0 Å². The molecule has 0 bridgehead atoms. The zero-order chi connectivity index (χ0) is 14.7. The lowest BCUT2D eigenvalue weighted by molar-refractivity contribution is -0.138. The topological polar surface area (TPSA) is 66.6 Å². The number of hydrogen-bond donors (Lipinski definition) is 1. The van der Waals surface area contributed by atoms with Gasteiger partial charge in [-0.25, -0.2) is 4.98 Å². The first-order chi connectivity index (χ1) is 10.2. The van der Waals surface area contributed by atoms with Gasteiger partial charge in [-0.05, 0) is 18.8 Å². The van der Waals surface area contributed by atoms with Crippen LogP contribution in [0, 0.1) is 5.92 Å². The lowest BCUT2D eigenvalue weighted by atomic mass is 10.2. The van der Waals surface area contributed by atoms with Gasteiger partial charge in [0.05, 0.1) is 19.3 Å².